The maximum atomic E-state index is 13.8. The van der Waals surface area contributed by atoms with Gasteiger partial charge in [-0.3, -0.25) is 14.9 Å². The molecule has 0 unspecified atom stereocenters. The number of para-hydroxylation sites is 2. The summed E-state index contributed by atoms with van der Waals surface area (Å²) in [7, 11) is 0. The average molecular weight is 561 g/mol. The van der Waals surface area contributed by atoms with Crippen molar-refractivity contribution >= 4 is 46.1 Å². The van der Waals surface area contributed by atoms with E-state index in [9.17, 15) is 25.4 Å². The number of imidazole rings is 1. The Morgan fingerprint density at radius 3 is 2.46 bits per heavy atom. The minimum atomic E-state index is -0.839. The van der Waals surface area contributed by atoms with Crippen LogP contribution in [0.2, 0.25) is 5.02 Å². The summed E-state index contributed by atoms with van der Waals surface area (Å²) < 4.78 is 0.884. The Labute approximate surface area is 237 Å². The molecule has 0 aliphatic carbocycles. The summed E-state index contributed by atoms with van der Waals surface area (Å²) in [6.07, 6.45) is 1.41. The first-order valence-electron chi connectivity index (χ1n) is 12.0. The number of halogens is 1. The molecule has 0 radical (unpaired) electrons. The average Bonchev–Trinajstić information content (AvgIpc) is 3.42. The lowest BCUT2D eigenvalue weighted by molar-refractivity contribution is -0.384. The van der Waals surface area contributed by atoms with E-state index in [0.717, 1.165) is 10.2 Å². The van der Waals surface area contributed by atoms with Crippen LogP contribution in [0, 0.1) is 32.8 Å². The van der Waals surface area contributed by atoms with Gasteiger partial charge in [-0.25, -0.2) is 9.98 Å². The van der Waals surface area contributed by atoms with E-state index in [1.54, 1.807) is 31.2 Å². The number of hydrogen-bond donors (Lipinski definition) is 1. The third kappa shape index (κ3) is 5.21. The molecule has 0 fully saturated rings. The largest absolute Gasteiger partial charge is 0.337 e. The Kier molecular flexibility index (Phi) is 7.20. The van der Waals surface area contributed by atoms with Gasteiger partial charge in [0.25, 0.3) is 11.2 Å². The second-order valence-electron chi connectivity index (χ2n) is 8.69. The highest BCUT2D eigenvalue weighted by atomic mass is 35.5. The molecule has 11 nitrogen and oxygen atoms in total. The van der Waals surface area contributed by atoms with Crippen LogP contribution in [0.3, 0.4) is 0 Å². The number of H-pyrrole nitrogens is 1. The highest BCUT2D eigenvalue weighted by Gasteiger charge is 2.24. The molecule has 0 saturated carbocycles. The Bertz CT molecular complexity index is 2010. The normalized spacial score (nSPS) is 11.5. The lowest BCUT2D eigenvalue weighted by Gasteiger charge is -2.13. The van der Waals surface area contributed by atoms with Gasteiger partial charge in [0.05, 0.1) is 16.0 Å². The van der Waals surface area contributed by atoms with Gasteiger partial charge < -0.3 is 4.98 Å². The first-order valence-corrected chi connectivity index (χ1v) is 12.4. The zero-order valence-electron chi connectivity index (χ0n) is 21.2. The monoisotopic (exact) mass is 560 g/mol. The number of nitriles is 2. The summed E-state index contributed by atoms with van der Waals surface area (Å²) in [5.41, 5.74) is 1.02. The molecule has 2 aromatic heterocycles. The molecular weight excluding hydrogens is 544 g/mol. The van der Waals surface area contributed by atoms with Crippen molar-refractivity contribution in [2.24, 2.45) is 10.1 Å². The molecule has 1 N–H and O–H groups in total. The number of benzene rings is 3. The van der Waals surface area contributed by atoms with E-state index < -0.39 is 10.5 Å². The number of hydrogen-bond acceptors (Lipinski definition) is 8. The maximum absolute atomic E-state index is 13.8. The quantitative estimate of drug-likeness (QED) is 0.158. The fourth-order valence-electron chi connectivity index (χ4n) is 4.16. The number of nitro groups is 1. The summed E-state index contributed by atoms with van der Waals surface area (Å²) in [6, 6.07) is 23.2. The maximum Gasteiger partial charge on any atom is 0.291 e. The third-order valence-electron chi connectivity index (χ3n) is 6.09. The van der Waals surface area contributed by atoms with Crippen LogP contribution in [0.1, 0.15) is 29.4 Å². The number of nitrogens with zero attached hydrogens (tertiary/aromatic N) is 7. The van der Waals surface area contributed by atoms with Crippen LogP contribution >= 0.6 is 11.6 Å². The number of non-ortho nitro benzene ring substituents is 1. The lowest BCUT2D eigenvalue weighted by atomic mass is 9.96. The number of pyridine rings is 1. The standard InChI is InChI=1S/C29H17ClN8O3/c1-17(27-34-24-7-2-3-8-25(24)35-27)36-37-28(33-16-18-5-4-6-20(30)13-18)22(14-31)26(23(15-32)29(37)39)19-9-11-21(12-10-19)38(40)41/h2-13,16H,1H3,(H,34,35)/b33-16+,36-17+. The Balaban J connectivity index is 1.79. The molecule has 198 valence electrons. The van der Waals surface area contributed by atoms with Gasteiger partial charge in [0.15, 0.2) is 11.6 Å². The molecular formula is C29H17ClN8O3. The number of nitrogens with one attached hydrogen (secondary N) is 1. The molecule has 0 amide bonds. The zero-order chi connectivity index (χ0) is 29.1. The molecule has 0 bridgehead atoms. The van der Waals surface area contributed by atoms with Crippen molar-refractivity contribution in [2.45, 2.75) is 6.92 Å². The van der Waals surface area contributed by atoms with Gasteiger partial charge in [-0.05, 0) is 54.4 Å². The third-order valence-corrected chi connectivity index (χ3v) is 6.32. The predicted octanol–water partition coefficient (Wildman–Crippen LogP) is 5.72. The summed E-state index contributed by atoms with van der Waals surface area (Å²) in [5, 5.41) is 36.4. The molecule has 0 saturated heterocycles. The Hall–Kier alpha value is -5.91. The second kappa shape index (κ2) is 11.1. The zero-order valence-corrected chi connectivity index (χ0v) is 22.0. The molecule has 2 heterocycles. The van der Waals surface area contributed by atoms with Gasteiger partial charge in [-0.2, -0.15) is 20.3 Å². The Morgan fingerprint density at radius 1 is 1.07 bits per heavy atom. The number of fused-ring (bicyclic) bond motifs is 1. The predicted molar refractivity (Wildman–Crippen MR) is 155 cm³/mol. The molecule has 41 heavy (non-hydrogen) atoms. The van der Waals surface area contributed by atoms with Gasteiger partial charge in [-0.15, -0.1) is 0 Å². The first-order chi connectivity index (χ1) is 19.8. The second-order valence-corrected chi connectivity index (χ2v) is 9.13. The molecule has 0 aliphatic rings. The highest BCUT2D eigenvalue weighted by molar-refractivity contribution is 6.30. The van der Waals surface area contributed by atoms with Crippen molar-refractivity contribution in [3.8, 4) is 23.3 Å². The van der Waals surface area contributed by atoms with Gasteiger partial charge in [0.1, 0.15) is 29.0 Å². The van der Waals surface area contributed by atoms with Crippen LogP contribution in [0.5, 0.6) is 0 Å². The summed E-state index contributed by atoms with van der Waals surface area (Å²) in [6.45, 7) is 1.62. The van der Waals surface area contributed by atoms with E-state index in [0.29, 0.717) is 27.6 Å². The van der Waals surface area contributed by atoms with E-state index in [1.165, 1.54) is 30.5 Å². The molecule has 3 aromatic carbocycles. The number of aromatic amines is 1. The van der Waals surface area contributed by atoms with Gasteiger partial charge in [-0.1, -0.05) is 35.9 Å². The van der Waals surface area contributed by atoms with Crippen LogP contribution in [0.4, 0.5) is 11.5 Å². The number of nitro benzene ring substituents is 1. The van der Waals surface area contributed by atoms with Crippen LogP contribution < -0.4 is 5.56 Å². The van der Waals surface area contributed by atoms with E-state index >= 15 is 0 Å². The van der Waals surface area contributed by atoms with Crippen molar-refractivity contribution in [2.75, 3.05) is 0 Å². The van der Waals surface area contributed by atoms with Gasteiger partial charge >= 0.3 is 0 Å². The lowest BCUT2D eigenvalue weighted by Crippen LogP contribution is -2.23. The van der Waals surface area contributed by atoms with Crippen LogP contribution in [-0.2, 0) is 0 Å². The number of rotatable bonds is 6. The smallest absolute Gasteiger partial charge is 0.291 e. The number of aromatic nitrogens is 3. The topological polar surface area (TPSA) is 166 Å². The van der Waals surface area contributed by atoms with E-state index in [4.69, 9.17) is 11.6 Å². The van der Waals surface area contributed by atoms with Crippen molar-refractivity contribution in [1.29, 1.82) is 10.5 Å². The van der Waals surface area contributed by atoms with Crippen molar-refractivity contribution in [3.63, 3.8) is 0 Å². The van der Waals surface area contributed by atoms with Crippen molar-refractivity contribution < 1.29 is 4.92 Å². The van der Waals surface area contributed by atoms with Crippen LogP contribution in [0.25, 0.3) is 22.2 Å². The van der Waals surface area contributed by atoms with Crippen molar-refractivity contribution in [3.05, 3.63) is 121 Å². The van der Waals surface area contributed by atoms with Crippen molar-refractivity contribution in [1.82, 2.24) is 14.6 Å². The Morgan fingerprint density at radius 2 is 1.80 bits per heavy atom. The van der Waals surface area contributed by atoms with Gasteiger partial charge in [0.2, 0.25) is 0 Å². The first kappa shape index (κ1) is 26.7. The summed E-state index contributed by atoms with van der Waals surface area (Å²) in [4.78, 5) is 36.4. The van der Waals surface area contributed by atoms with E-state index in [1.807, 2.05) is 36.4 Å². The molecule has 5 aromatic rings. The molecule has 12 heteroatoms. The van der Waals surface area contributed by atoms with E-state index in [-0.39, 0.29) is 33.8 Å². The van der Waals surface area contributed by atoms with Gasteiger partial charge in [0, 0.05) is 28.9 Å². The molecule has 5 rings (SSSR count). The van der Waals surface area contributed by atoms with Crippen LogP contribution in [-0.4, -0.2) is 31.5 Å². The fraction of sp³-hybridized carbons (Fsp3) is 0.0345. The fourth-order valence-corrected chi connectivity index (χ4v) is 4.35. The molecule has 0 aliphatic heterocycles. The minimum Gasteiger partial charge on any atom is -0.337 e. The SMILES string of the molecule is C/C(=N\n1c(/N=C/c2cccc(Cl)c2)c(C#N)c(-c2ccc([N+](=O)[O-])cc2)c(C#N)c1=O)c1nc2ccccc2[nH]1. The highest BCUT2D eigenvalue weighted by Crippen LogP contribution is 2.33. The number of aliphatic imine (C=N–C) groups is 1. The van der Waals surface area contributed by atoms with Crippen LogP contribution in [0.15, 0.2) is 87.7 Å². The molecule has 0 spiro atoms. The molecule has 0 atom stereocenters. The summed E-state index contributed by atoms with van der Waals surface area (Å²) in [5.74, 6) is 0.222. The minimum absolute atomic E-state index is 0.0130. The summed E-state index contributed by atoms with van der Waals surface area (Å²) >= 11 is 6.11. The van der Waals surface area contributed by atoms with E-state index in [2.05, 4.69) is 20.1 Å².